The van der Waals surface area contributed by atoms with Gasteiger partial charge in [0.1, 0.15) is 5.01 Å². The van der Waals surface area contributed by atoms with Crippen molar-refractivity contribution in [2.24, 2.45) is 0 Å². The van der Waals surface area contributed by atoms with Crippen LogP contribution in [0.5, 0.6) is 11.5 Å². The molecular formula is C24H24N2O6S. The van der Waals surface area contributed by atoms with E-state index in [-0.39, 0.29) is 12.2 Å². The molecule has 0 bridgehead atoms. The third kappa shape index (κ3) is 6.17. The number of benzene rings is 2. The largest absolute Gasteiger partial charge is 0.493 e. The molecule has 1 amide bonds. The summed E-state index contributed by atoms with van der Waals surface area (Å²) < 4.78 is 15.8. The van der Waals surface area contributed by atoms with E-state index in [9.17, 15) is 14.4 Å². The van der Waals surface area contributed by atoms with Crippen molar-refractivity contribution in [3.05, 3.63) is 59.1 Å². The number of thiazole rings is 1. The van der Waals surface area contributed by atoms with Crippen molar-refractivity contribution < 1.29 is 28.6 Å². The molecule has 2 aromatic carbocycles. The maximum Gasteiger partial charge on any atom is 0.312 e. The highest BCUT2D eigenvalue weighted by Crippen LogP contribution is 2.33. The second-order valence-corrected chi connectivity index (χ2v) is 8.00. The van der Waals surface area contributed by atoms with E-state index in [0.717, 1.165) is 10.6 Å². The zero-order valence-electron chi connectivity index (χ0n) is 18.7. The normalized spacial score (nSPS) is 11.4. The summed E-state index contributed by atoms with van der Waals surface area (Å²) in [5.41, 5.74) is 2.43. The number of methoxy groups -OCH3 is 2. The number of Topliss-reactive ketones (excluding diaryl/α,β-unsaturated/α-hetero) is 1. The molecule has 0 fully saturated rings. The number of carbonyl (C=O) groups is 3. The van der Waals surface area contributed by atoms with Crippen molar-refractivity contribution in [3.8, 4) is 22.1 Å². The maximum atomic E-state index is 12.3. The average molecular weight is 469 g/mol. The number of nitrogens with zero attached hydrogens (tertiary/aromatic N) is 1. The Balaban J connectivity index is 1.57. The van der Waals surface area contributed by atoms with Gasteiger partial charge < -0.3 is 19.5 Å². The number of amides is 1. The molecule has 0 radical (unpaired) electrons. The predicted octanol–water partition coefficient (Wildman–Crippen LogP) is 4.14. The summed E-state index contributed by atoms with van der Waals surface area (Å²) in [6.45, 7) is 2.96. The SMILES string of the molecule is COc1ccc(-c2nc(CC(=O)OC(C)C(=O)Nc3ccc(C(C)=O)cc3)cs2)cc1OC. The fourth-order valence-electron chi connectivity index (χ4n) is 2.96. The summed E-state index contributed by atoms with van der Waals surface area (Å²) in [5, 5.41) is 5.15. The average Bonchev–Trinajstić information content (AvgIpc) is 3.27. The number of carbonyl (C=O) groups excluding carboxylic acids is 3. The number of ketones is 1. The van der Waals surface area contributed by atoms with Crippen molar-refractivity contribution in [3.63, 3.8) is 0 Å². The number of anilines is 1. The number of rotatable bonds is 9. The van der Waals surface area contributed by atoms with Gasteiger partial charge >= 0.3 is 5.97 Å². The van der Waals surface area contributed by atoms with E-state index in [0.29, 0.717) is 28.4 Å². The molecule has 0 saturated carbocycles. The summed E-state index contributed by atoms with van der Waals surface area (Å²) in [6.07, 6.45) is -1.05. The van der Waals surface area contributed by atoms with Crippen LogP contribution in [-0.2, 0) is 20.7 Å². The quantitative estimate of drug-likeness (QED) is 0.372. The van der Waals surface area contributed by atoms with Gasteiger partial charge in [0.15, 0.2) is 23.4 Å². The lowest BCUT2D eigenvalue weighted by Crippen LogP contribution is -2.30. The number of ether oxygens (including phenoxy) is 3. The van der Waals surface area contributed by atoms with Gasteiger partial charge in [-0.25, -0.2) is 4.98 Å². The standard InChI is InChI=1S/C24H24N2O6S/c1-14(27)16-5-8-18(9-6-16)25-23(29)15(2)32-22(28)12-19-13-33-24(26-19)17-7-10-20(30-3)21(11-17)31-4/h5-11,13,15H,12H2,1-4H3,(H,25,29). The third-order valence-corrected chi connectivity index (χ3v) is 5.68. The molecule has 1 aromatic heterocycles. The van der Waals surface area contributed by atoms with Gasteiger partial charge in [0.2, 0.25) is 0 Å². The molecule has 0 saturated heterocycles. The monoisotopic (exact) mass is 468 g/mol. The van der Waals surface area contributed by atoms with E-state index >= 15 is 0 Å². The molecule has 0 aliphatic rings. The number of aromatic nitrogens is 1. The first-order valence-corrected chi connectivity index (χ1v) is 11.0. The van der Waals surface area contributed by atoms with Crippen LogP contribution in [0.3, 0.4) is 0 Å². The molecule has 3 rings (SSSR count). The molecule has 1 atom stereocenters. The molecule has 1 unspecified atom stereocenters. The van der Waals surface area contributed by atoms with Gasteiger partial charge in [-0.2, -0.15) is 0 Å². The van der Waals surface area contributed by atoms with E-state index in [1.807, 2.05) is 12.1 Å². The van der Waals surface area contributed by atoms with Gasteiger partial charge in [-0.1, -0.05) is 0 Å². The molecule has 3 aromatic rings. The Bertz CT molecular complexity index is 1160. The molecule has 8 nitrogen and oxygen atoms in total. The molecule has 0 spiro atoms. The van der Waals surface area contributed by atoms with Crippen LogP contribution in [0.1, 0.15) is 29.9 Å². The molecular weight excluding hydrogens is 444 g/mol. The summed E-state index contributed by atoms with van der Waals surface area (Å²) in [6, 6.07) is 11.9. The second-order valence-electron chi connectivity index (χ2n) is 7.15. The zero-order valence-corrected chi connectivity index (χ0v) is 19.5. The minimum absolute atomic E-state index is 0.0608. The number of esters is 1. The van der Waals surface area contributed by atoms with Crippen LogP contribution in [0.2, 0.25) is 0 Å². The van der Waals surface area contributed by atoms with E-state index < -0.39 is 18.0 Å². The van der Waals surface area contributed by atoms with Crippen molar-refractivity contribution >= 4 is 34.7 Å². The lowest BCUT2D eigenvalue weighted by Gasteiger charge is -2.13. The van der Waals surface area contributed by atoms with Gasteiger partial charge in [-0.05, 0) is 56.3 Å². The fraction of sp³-hybridized carbons (Fsp3) is 0.250. The summed E-state index contributed by atoms with van der Waals surface area (Å²) in [4.78, 5) is 40.5. The highest BCUT2D eigenvalue weighted by molar-refractivity contribution is 7.13. The molecule has 1 N–H and O–H groups in total. The molecule has 33 heavy (non-hydrogen) atoms. The second kappa shape index (κ2) is 10.7. The topological polar surface area (TPSA) is 104 Å². The molecule has 0 aliphatic heterocycles. The first-order valence-electron chi connectivity index (χ1n) is 10.1. The molecule has 172 valence electrons. The summed E-state index contributed by atoms with van der Waals surface area (Å²) >= 11 is 1.39. The molecule has 0 aliphatic carbocycles. The first kappa shape index (κ1) is 23.9. The fourth-order valence-corrected chi connectivity index (χ4v) is 3.78. The number of hydrogen-bond donors (Lipinski definition) is 1. The van der Waals surface area contributed by atoms with Crippen LogP contribution >= 0.6 is 11.3 Å². The Morgan fingerprint density at radius 2 is 1.73 bits per heavy atom. The Kier molecular flexibility index (Phi) is 7.78. The highest BCUT2D eigenvalue weighted by atomic mass is 32.1. The highest BCUT2D eigenvalue weighted by Gasteiger charge is 2.19. The van der Waals surface area contributed by atoms with Crippen molar-refractivity contribution in [2.45, 2.75) is 26.4 Å². The van der Waals surface area contributed by atoms with Gasteiger partial charge in [0, 0.05) is 22.2 Å². The van der Waals surface area contributed by atoms with E-state index in [1.165, 1.54) is 25.2 Å². The van der Waals surface area contributed by atoms with Crippen molar-refractivity contribution in [2.75, 3.05) is 19.5 Å². The zero-order chi connectivity index (χ0) is 24.0. The number of hydrogen-bond acceptors (Lipinski definition) is 8. The van der Waals surface area contributed by atoms with E-state index in [2.05, 4.69) is 10.3 Å². The van der Waals surface area contributed by atoms with Gasteiger partial charge in [-0.3, -0.25) is 14.4 Å². The molecule has 1 heterocycles. The smallest absolute Gasteiger partial charge is 0.312 e. The summed E-state index contributed by atoms with van der Waals surface area (Å²) in [7, 11) is 3.12. The van der Waals surface area contributed by atoms with Crippen molar-refractivity contribution in [1.82, 2.24) is 4.98 Å². The van der Waals surface area contributed by atoms with Crippen LogP contribution in [0.25, 0.3) is 10.6 Å². The minimum atomic E-state index is -0.992. The maximum absolute atomic E-state index is 12.3. The number of nitrogens with one attached hydrogen (secondary N) is 1. The van der Waals surface area contributed by atoms with Crippen LogP contribution in [-0.4, -0.2) is 43.0 Å². The van der Waals surface area contributed by atoms with Crippen LogP contribution in [0.15, 0.2) is 47.8 Å². The Morgan fingerprint density at radius 1 is 1.03 bits per heavy atom. The Labute approximate surface area is 195 Å². The van der Waals surface area contributed by atoms with Crippen LogP contribution in [0, 0.1) is 0 Å². The predicted molar refractivity (Wildman–Crippen MR) is 125 cm³/mol. The van der Waals surface area contributed by atoms with Gasteiger partial charge in [0.05, 0.1) is 26.3 Å². The van der Waals surface area contributed by atoms with Crippen molar-refractivity contribution in [1.29, 1.82) is 0 Å². The lowest BCUT2D eigenvalue weighted by atomic mass is 10.1. The van der Waals surface area contributed by atoms with Crippen LogP contribution < -0.4 is 14.8 Å². The Morgan fingerprint density at radius 3 is 2.36 bits per heavy atom. The van der Waals surface area contributed by atoms with E-state index in [1.54, 1.807) is 49.9 Å². The van der Waals surface area contributed by atoms with Crippen LogP contribution in [0.4, 0.5) is 5.69 Å². The van der Waals surface area contributed by atoms with Gasteiger partial charge in [0.25, 0.3) is 5.91 Å². The Hall–Kier alpha value is -3.72. The van der Waals surface area contributed by atoms with Gasteiger partial charge in [-0.15, -0.1) is 11.3 Å². The minimum Gasteiger partial charge on any atom is -0.493 e. The lowest BCUT2D eigenvalue weighted by molar-refractivity contribution is -0.152. The summed E-state index contributed by atoms with van der Waals surface area (Å²) in [5.74, 6) is 0.106. The third-order valence-electron chi connectivity index (χ3n) is 4.74. The molecule has 9 heteroatoms. The van der Waals surface area contributed by atoms with E-state index in [4.69, 9.17) is 14.2 Å². The first-order chi connectivity index (χ1) is 15.8.